The van der Waals surface area contributed by atoms with E-state index in [4.69, 9.17) is 4.74 Å². The van der Waals surface area contributed by atoms with Crippen molar-refractivity contribution < 1.29 is 9.84 Å². The maximum Gasteiger partial charge on any atom is 0.191 e. The molecule has 0 saturated carbocycles. The van der Waals surface area contributed by atoms with Crippen molar-refractivity contribution in [2.24, 2.45) is 4.99 Å². The number of phenolic OH excluding ortho intramolecular Hbond substituents is 1. The van der Waals surface area contributed by atoms with Crippen LogP contribution in [0.15, 0.2) is 53.5 Å². The third kappa shape index (κ3) is 7.64. The molecule has 0 amide bonds. The Morgan fingerprint density at radius 2 is 1.84 bits per heavy atom. The summed E-state index contributed by atoms with van der Waals surface area (Å²) in [5, 5.41) is 16.0. The molecule has 0 radical (unpaired) electrons. The maximum atomic E-state index is 9.49. The van der Waals surface area contributed by atoms with Crippen LogP contribution in [0.1, 0.15) is 18.1 Å². The summed E-state index contributed by atoms with van der Waals surface area (Å²) in [7, 11) is 1.66. The molecule has 2 aromatic carbocycles. The quantitative estimate of drug-likeness (QED) is 0.341. The predicted molar refractivity (Wildman–Crippen MR) is 113 cm³/mol. The van der Waals surface area contributed by atoms with Gasteiger partial charge in [0.2, 0.25) is 0 Å². The number of nitrogens with zero attached hydrogens (tertiary/aromatic N) is 1. The lowest BCUT2D eigenvalue weighted by Crippen LogP contribution is -2.38. The highest BCUT2D eigenvalue weighted by atomic mass is 127. The number of aromatic hydroxyl groups is 1. The van der Waals surface area contributed by atoms with Gasteiger partial charge in [-0.05, 0) is 48.7 Å². The first-order valence-corrected chi connectivity index (χ1v) is 8.14. The lowest BCUT2D eigenvalue weighted by atomic mass is 10.1. The molecular formula is C19H26IN3O2. The van der Waals surface area contributed by atoms with Gasteiger partial charge < -0.3 is 20.5 Å². The Kier molecular flexibility index (Phi) is 9.76. The third-order valence-corrected chi connectivity index (χ3v) is 3.51. The van der Waals surface area contributed by atoms with Gasteiger partial charge in [0.05, 0.1) is 13.7 Å². The number of phenols is 1. The highest BCUT2D eigenvalue weighted by molar-refractivity contribution is 14.0. The Morgan fingerprint density at radius 3 is 2.56 bits per heavy atom. The number of ether oxygens (including phenoxy) is 1. The molecule has 0 fully saturated rings. The molecule has 0 heterocycles. The Bertz CT molecular complexity index is 677. The highest BCUT2D eigenvalue weighted by Gasteiger charge is 2.00. The van der Waals surface area contributed by atoms with Crippen LogP contribution in [0.25, 0.3) is 0 Å². The van der Waals surface area contributed by atoms with Crippen LogP contribution in [-0.2, 0) is 13.0 Å². The average Bonchev–Trinajstić information content (AvgIpc) is 2.60. The summed E-state index contributed by atoms with van der Waals surface area (Å²) in [5.41, 5.74) is 2.19. The molecule has 0 aliphatic rings. The normalized spacial score (nSPS) is 10.7. The van der Waals surface area contributed by atoms with E-state index in [1.807, 2.05) is 43.3 Å². The van der Waals surface area contributed by atoms with Crippen molar-refractivity contribution in [1.82, 2.24) is 10.6 Å². The molecule has 0 aliphatic carbocycles. The molecule has 6 heteroatoms. The van der Waals surface area contributed by atoms with Crippen molar-refractivity contribution in [3.8, 4) is 11.5 Å². The SMILES string of the molecule is CCNC(=NCc1cccc(OC)c1)NCCc1cccc(O)c1.I. The smallest absolute Gasteiger partial charge is 0.191 e. The van der Waals surface area contributed by atoms with E-state index < -0.39 is 0 Å². The number of rotatable bonds is 7. The van der Waals surface area contributed by atoms with Gasteiger partial charge in [-0.3, -0.25) is 0 Å². The Morgan fingerprint density at radius 1 is 1.08 bits per heavy atom. The Hall–Kier alpha value is -1.96. The zero-order valence-electron chi connectivity index (χ0n) is 14.7. The molecule has 136 valence electrons. The third-order valence-electron chi connectivity index (χ3n) is 3.51. The van der Waals surface area contributed by atoms with Gasteiger partial charge in [-0.25, -0.2) is 4.99 Å². The summed E-state index contributed by atoms with van der Waals surface area (Å²) < 4.78 is 5.23. The number of benzene rings is 2. The van der Waals surface area contributed by atoms with Crippen LogP contribution in [-0.4, -0.2) is 31.3 Å². The number of guanidine groups is 1. The van der Waals surface area contributed by atoms with Crippen LogP contribution in [0.2, 0.25) is 0 Å². The van der Waals surface area contributed by atoms with E-state index >= 15 is 0 Å². The monoisotopic (exact) mass is 455 g/mol. The van der Waals surface area contributed by atoms with Crippen LogP contribution >= 0.6 is 24.0 Å². The zero-order chi connectivity index (χ0) is 17.2. The van der Waals surface area contributed by atoms with E-state index in [0.29, 0.717) is 12.3 Å². The number of methoxy groups -OCH3 is 1. The lowest BCUT2D eigenvalue weighted by molar-refractivity contribution is 0.414. The van der Waals surface area contributed by atoms with Crippen LogP contribution in [0.3, 0.4) is 0 Å². The molecule has 2 rings (SSSR count). The maximum absolute atomic E-state index is 9.49. The van der Waals surface area contributed by atoms with Crippen molar-refractivity contribution in [1.29, 1.82) is 0 Å². The van der Waals surface area contributed by atoms with Crippen LogP contribution in [0.5, 0.6) is 11.5 Å². The van der Waals surface area contributed by atoms with Crippen molar-refractivity contribution in [3.05, 3.63) is 59.7 Å². The zero-order valence-corrected chi connectivity index (χ0v) is 17.0. The van der Waals surface area contributed by atoms with E-state index in [-0.39, 0.29) is 24.0 Å². The predicted octanol–water partition coefficient (Wildman–Crippen LogP) is 3.32. The van der Waals surface area contributed by atoms with Crippen LogP contribution in [0.4, 0.5) is 0 Å². The molecule has 2 aromatic rings. The summed E-state index contributed by atoms with van der Waals surface area (Å²) in [4.78, 5) is 4.60. The number of aliphatic imine (C=N–C) groups is 1. The van der Waals surface area contributed by atoms with Crippen molar-refractivity contribution in [2.45, 2.75) is 19.9 Å². The first-order chi connectivity index (χ1) is 11.7. The van der Waals surface area contributed by atoms with Gasteiger partial charge in [-0.15, -0.1) is 24.0 Å². The van der Waals surface area contributed by atoms with E-state index in [9.17, 15) is 5.11 Å². The van der Waals surface area contributed by atoms with E-state index in [1.165, 1.54) is 0 Å². The van der Waals surface area contributed by atoms with E-state index in [2.05, 4.69) is 15.6 Å². The minimum atomic E-state index is 0. The first kappa shape index (κ1) is 21.1. The van der Waals surface area contributed by atoms with Gasteiger partial charge in [0.25, 0.3) is 0 Å². The van der Waals surface area contributed by atoms with E-state index in [1.54, 1.807) is 19.2 Å². The minimum Gasteiger partial charge on any atom is -0.508 e. The molecule has 0 aliphatic heterocycles. The lowest BCUT2D eigenvalue weighted by Gasteiger charge is -2.11. The Balaban J connectivity index is 0.00000312. The fourth-order valence-corrected chi connectivity index (χ4v) is 2.32. The average molecular weight is 455 g/mol. The first-order valence-electron chi connectivity index (χ1n) is 8.14. The molecule has 0 bridgehead atoms. The molecule has 5 nitrogen and oxygen atoms in total. The molecule has 0 spiro atoms. The van der Waals surface area contributed by atoms with Crippen molar-refractivity contribution in [2.75, 3.05) is 20.2 Å². The second kappa shape index (κ2) is 11.6. The van der Waals surface area contributed by atoms with Crippen molar-refractivity contribution >= 4 is 29.9 Å². The highest BCUT2D eigenvalue weighted by Crippen LogP contribution is 2.13. The van der Waals surface area contributed by atoms with Gasteiger partial charge in [-0.1, -0.05) is 24.3 Å². The number of hydrogen-bond acceptors (Lipinski definition) is 3. The molecule has 0 unspecified atom stereocenters. The van der Waals surface area contributed by atoms with Gasteiger partial charge in [0.15, 0.2) is 5.96 Å². The van der Waals surface area contributed by atoms with Gasteiger partial charge in [-0.2, -0.15) is 0 Å². The molecule has 0 saturated heterocycles. The molecule has 3 N–H and O–H groups in total. The van der Waals surface area contributed by atoms with Crippen molar-refractivity contribution in [3.63, 3.8) is 0 Å². The molecule has 0 aromatic heterocycles. The molecule has 0 atom stereocenters. The fraction of sp³-hybridized carbons (Fsp3) is 0.316. The second-order valence-corrected chi connectivity index (χ2v) is 5.39. The summed E-state index contributed by atoms with van der Waals surface area (Å²) in [6.07, 6.45) is 0.817. The number of halogens is 1. The number of nitrogens with one attached hydrogen (secondary N) is 2. The molecule has 25 heavy (non-hydrogen) atoms. The summed E-state index contributed by atoms with van der Waals surface area (Å²) >= 11 is 0. The van der Waals surface area contributed by atoms with E-state index in [0.717, 1.165) is 42.3 Å². The van der Waals surface area contributed by atoms with Gasteiger partial charge in [0, 0.05) is 13.1 Å². The summed E-state index contributed by atoms with van der Waals surface area (Å²) in [6, 6.07) is 15.2. The Labute approximate surface area is 166 Å². The van der Waals surface area contributed by atoms with Crippen LogP contribution < -0.4 is 15.4 Å². The summed E-state index contributed by atoms with van der Waals surface area (Å²) in [5.74, 6) is 1.91. The summed E-state index contributed by atoms with van der Waals surface area (Å²) in [6.45, 7) is 4.17. The standard InChI is InChI=1S/C19H25N3O2.HI/c1-3-20-19(21-11-10-15-6-4-8-17(23)12-15)22-14-16-7-5-9-18(13-16)24-2;/h4-9,12-13,23H,3,10-11,14H2,1-2H3,(H2,20,21,22);1H. The van der Waals surface area contributed by atoms with Gasteiger partial charge in [0.1, 0.15) is 11.5 Å². The number of hydrogen-bond donors (Lipinski definition) is 3. The fourth-order valence-electron chi connectivity index (χ4n) is 2.32. The van der Waals surface area contributed by atoms with Crippen LogP contribution in [0, 0.1) is 0 Å². The molecular weight excluding hydrogens is 429 g/mol. The largest absolute Gasteiger partial charge is 0.508 e. The minimum absolute atomic E-state index is 0. The van der Waals surface area contributed by atoms with Gasteiger partial charge >= 0.3 is 0 Å². The topological polar surface area (TPSA) is 65.9 Å². The second-order valence-electron chi connectivity index (χ2n) is 5.39.